The van der Waals surface area contributed by atoms with E-state index in [0.717, 1.165) is 31.7 Å². The predicted molar refractivity (Wildman–Crippen MR) is 103 cm³/mol. The van der Waals surface area contributed by atoms with E-state index in [9.17, 15) is 0 Å². The van der Waals surface area contributed by atoms with Crippen LogP contribution in [-0.2, 0) is 6.61 Å². The molecule has 0 radical (unpaired) electrons. The highest BCUT2D eigenvalue weighted by Crippen LogP contribution is 2.41. The fourth-order valence-corrected chi connectivity index (χ4v) is 3.29. The maximum absolute atomic E-state index is 6.04. The summed E-state index contributed by atoms with van der Waals surface area (Å²) < 4.78 is 17.3. The molecule has 1 unspecified atom stereocenters. The number of piperazine rings is 1. The van der Waals surface area contributed by atoms with E-state index in [1.54, 1.807) is 14.2 Å². The fourth-order valence-electron chi connectivity index (χ4n) is 3.29. The molecule has 1 fully saturated rings. The van der Waals surface area contributed by atoms with Crippen molar-refractivity contribution in [1.29, 1.82) is 0 Å². The number of nitrogens with one attached hydrogen (secondary N) is 1. The zero-order chi connectivity index (χ0) is 18.4. The second-order valence-corrected chi connectivity index (χ2v) is 6.49. The van der Waals surface area contributed by atoms with E-state index in [1.807, 2.05) is 30.3 Å². The normalized spacial score (nSPS) is 16.1. The minimum Gasteiger partial charge on any atom is -0.493 e. The number of rotatable bonds is 7. The Hall–Kier alpha value is -2.24. The van der Waals surface area contributed by atoms with Crippen molar-refractivity contribution in [3.05, 3.63) is 53.6 Å². The van der Waals surface area contributed by atoms with Crippen molar-refractivity contribution in [3.8, 4) is 17.2 Å². The molecule has 0 bridgehead atoms. The maximum Gasteiger partial charge on any atom is 0.203 e. The van der Waals surface area contributed by atoms with E-state index < -0.39 is 0 Å². The highest BCUT2D eigenvalue weighted by atomic mass is 16.5. The largest absolute Gasteiger partial charge is 0.493 e. The molecule has 0 amide bonds. The Morgan fingerprint density at radius 2 is 1.62 bits per heavy atom. The summed E-state index contributed by atoms with van der Waals surface area (Å²) in [6.45, 7) is 6.83. The summed E-state index contributed by atoms with van der Waals surface area (Å²) in [5.74, 6) is 2.06. The summed E-state index contributed by atoms with van der Waals surface area (Å²) in [7, 11) is 3.34. The molecule has 0 aliphatic carbocycles. The third-order valence-corrected chi connectivity index (χ3v) is 4.89. The quantitative estimate of drug-likeness (QED) is 0.825. The van der Waals surface area contributed by atoms with E-state index in [4.69, 9.17) is 14.2 Å². The van der Waals surface area contributed by atoms with E-state index in [1.165, 1.54) is 5.56 Å². The van der Waals surface area contributed by atoms with Crippen LogP contribution in [0.2, 0.25) is 0 Å². The number of methoxy groups -OCH3 is 2. The molecule has 2 aromatic rings. The molecule has 0 spiro atoms. The second-order valence-electron chi connectivity index (χ2n) is 6.49. The molecule has 26 heavy (non-hydrogen) atoms. The molecule has 140 valence electrons. The molecule has 1 atom stereocenters. The first kappa shape index (κ1) is 18.5. The minimum atomic E-state index is 0.295. The van der Waals surface area contributed by atoms with E-state index in [0.29, 0.717) is 29.9 Å². The summed E-state index contributed by atoms with van der Waals surface area (Å²) in [6, 6.07) is 14.5. The van der Waals surface area contributed by atoms with Gasteiger partial charge in [0, 0.05) is 32.2 Å². The molecule has 1 saturated heterocycles. The first-order chi connectivity index (χ1) is 12.7. The molecule has 3 rings (SSSR count). The first-order valence-corrected chi connectivity index (χ1v) is 9.10. The maximum atomic E-state index is 6.04. The molecule has 2 aromatic carbocycles. The SMILES string of the molecule is COc1cc(C(C)N2CCNCC2)cc(OC)c1OCc1ccccc1. The Labute approximate surface area is 155 Å². The first-order valence-electron chi connectivity index (χ1n) is 9.10. The van der Waals surface area contributed by atoms with Crippen LogP contribution in [0.25, 0.3) is 0 Å². The molecule has 1 aliphatic rings. The van der Waals surface area contributed by atoms with Crippen molar-refractivity contribution >= 4 is 0 Å². The Kier molecular flexibility index (Phi) is 6.36. The average Bonchev–Trinajstić information content (AvgIpc) is 2.72. The number of ether oxygens (including phenoxy) is 3. The van der Waals surface area contributed by atoms with Crippen LogP contribution in [0.3, 0.4) is 0 Å². The standard InChI is InChI=1S/C21H28N2O3/c1-16(23-11-9-22-10-12-23)18-13-19(24-2)21(20(14-18)25-3)26-15-17-7-5-4-6-8-17/h4-8,13-14,16,22H,9-12,15H2,1-3H3. The molecule has 0 aromatic heterocycles. The zero-order valence-electron chi connectivity index (χ0n) is 15.8. The van der Waals surface area contributed by atoms with Crippen LogP contribution in [0.5, 0.6) is 17.2 Å². The van der Waals surface area contributed by atoms with Crippen molar-refractivity contribution in [2.24, 2.45) is 0 Å². The molecule has 0 saturated carbocycles. The number of nitrogens with zero attached hydrogens (tertiary/aromatic N) is 1. The lowest BCUT2D eigenvalue weighted by molar-refractivity contribution is 0.184. The van der Waals surface area contributed by atoms with Crippen LogP contribution in [0.4, 0.5) is 0 Å². The van der Waals surface area contributed by atoms with Gasteiger partial charge in [-0.3, -0.25) is 4.90 Å². The molecular formula is C21H28N2O3. The van der Waals surface area contributed by atoms with Crippen LogP contribution in [0.1, 0.15) is 24.1 Å². The van der Waals surface area contributed by atoms with Gasteiger partial charge < -0.3 is 19.5 Å². The molecule has 1 heterocycles. The summed E-state index contributed by atoms with van der Waals surface area (Å²) >= 11 is 0. The van der Waals surface area contributed by atoms with E-state index >= 15 is 0 Å². The van der Waals surface area contributed by atoms with Crippen LogP contribution in [0, 0.1) is 0 Å². The third kappa shape index (κ3) is 4.29. The lowest BCUT2D eigenvalue weighted by Gasteiger charge is -2.33. The number of hydrogen-bond acceptors (Lipinski definition) is 5. The monoisotopic (exact) mass is 356 g/mol. The number of hydrogen-bond donors (Lipinski definition) is 1. The van der Waals surface area contributed by atoms with Gasteiger partial charge in [-0.15, -0.1) is 0 Å². The Morgan fingerprint density at radius 1 is 1.00 bits per heavy atom. The van der Waals surface area contributed by atoms with Gasteiger partial charge in [0.1, 0.15) is 6.61 Å². The smallest absolute Gasteiger partial charge is 0.203 e. The van der Waals surface area contributed by atoms with Gasteiger partial charge in [0.2, 0.25) is 5.75 Å². The van der Waals surface area contributed by atoms with Crippen LogP contribution in [-0.4, -0.2) is 45.3 Å². The second kappa shape index (κ2) is 8.92. The van der Waals surface area contributed by atoms with Crippen molar-refractivity contribution in [2.75, 3.05) is 40.4 Å². The fraction of sp³-hybridized carbons (Fsp3) is 0.429. The van der Waals surface area contributed by atoms with Crippen molar-refractivity contribution in [3.63, 3.8) is 0 Å². The molecule has 5 nitrogen and oxygen atoms in total. The molecular weight excluding hydrogens is 328 g/mol. The lowest BCUT2D eigenvalue weighted by Crippen LogP contribution is -2.44. The molecule has 5 heteroatoms. The van der Waals surface area contributed by atoms with Crippen LogP contribution < -0.4 is 19.5 Å². The van der Waals surface area contributed by atoms with Gasteiger partial charge in [-0.1, -0.05) is 30.3 Å². The van der Waals surface area contributed by atoms with Crippen LogP contribution in [0.15, 0.2) is 42.5 Å². The van der Waals surface area contributed by atoms with Crippen molar-refractivity contribution in [1.82, 2.24) is 10.2 Å². The zero-order valence-corrected chi connectivity index (χ0v) is 15.8. The summed E-state index contributed by atoms with van der Waals surface area (Å²) in [5, 5.41) is 3.40. The van der Waals surface area contributed by atoms with Gasteiger partial charge in [-0.2, -0.15) is 0 Å². The van der Waals surface area contributed by atoms with Gasteiger partial charge >= 0.3 is 0 Å². The Balaban J connectivity index is 1.83. The Bertz CT molecular complexity index is 675. The van der Waals surface area contributed by atoms with E-state index in [-0.39, 0.29) is 0 Å². The van der Waals surface area contributed by atoms with Gasteiger partial charge in [-0.05, 0) is 30.2 Å². The van der Waals surface area contributed by atoms with Gasteiger partial charge in [-0.25, -0.2) is 0 Å². The summed E-state index contributed by atoms with van der Waals surface area (Å²) in [5.41, 5.74) is 2.28. The van der Waals surface area contributed by atoms with Crippen molar-refractivity contribution in [2.45, 2.75) is 19.6 Å². The number of benzene rings is 2. The van der Waals surface area contributed by atoms with Gasteiger partial charge in [0.25, 0.3) is 0 Å². The van der Waals surface area contributed by atoms with Gasteiger partial charge in [0.05, 0.1) is 14.2 Å². The van der Waals surface area contributed by atoms with Crippen molar-refractivity contribution < 1.29 is 14.2 Å². The predicted octanol–water partition coefficient (Wildman–Crippen LogP) is 3.25. The molecule has 1 aliphatic heterocycles. The molecule has 1 N–H and O–H groups in total. The topological polar surface area (TPSA) is 43.0 Å². The van der Waals surface area contributed by atoms with E-state index in [2.05, 4.69) is 29.3 Å². The van der Waals surface area contributed by atoms with Crippen LogP contribution >= 0.6 is 0 Å². The summed E-state index contributed by atoms with van der Waals surface area (Å²) in [6.07, 6.45) is 0. The lowest BCUT2D eigenvalue weighted by atomic mass is 10.0. The summed E-state index contributed by atoms with van der Waals surface area (Å²) in [4.78, 5) is 2.47. The Morgan fingerprint density at radius 3 is 2.19 bits per heavy atom. The van der Waals surface area contributed by atoms with Gasteiger partial charge in [0.15, 0.2) is 11.5 Å². The highest BCUT2D eigenvalue weighted by Gasteiger charge is 2.22. The minimum absolute atomic E-state index is 0.295. The average molecular weight is 356 g/mol. The third-order valence-electron chi connectivity index (χ3n) is 4.89. The highest BCUT2D eigenvalue weighted by molar-refractivity contribution is 5.54.